The Morgan fingerprint density at radius 3 is 2.46 bits per heavy atom. The Bertz CT molecular complexity index is 578. The van der Waals surface area contributed by atoms with Crippen molar-refractivity contribution in [2.75, 3.05) is 11.9 Å². The molecule has 2 aliphatic rings. The summed E-state index contributed by atoms with van der Waals surface area (Å²) in [6, 6.07) is 0.296. The molecule has 3 N–H and O–H groups in total. The van der Waals surface area contributed by atoms with Crippen LogP contribution < -0.4 is 10.6 Å². The lowest BCUT2D eigenvalue weighted by atomic mass is 9.89. The Labute approximate surface area is 161 Å². The molecular weight excluding hydrogens is 346 g/mol. The lowest BCUT2D eigenvalue weighted by molar-refractivity contribution is -0.123. The largest absolute Gasteiger partial charge is 0.492 e. The molecule has 0 bridgehead atoms. The molecule has 1 atom stereocenters. The molecule has 2 saturated carbocycles. The molecule has 0 radical (unpaired) electrons. The highest BCUT2D eigenvalue weighted by atomic mass is 32.1. The first kappa shape index (κ1) is 19.5. The number of nitrogens with one attached hydrogen (secondary N) is 2. The fraction of sp³-hybridized carbons (Fsp3) is 0.800. The van der Waals surface area contributed by atoms with Crippen LogP contribution in [0.5, 0.6) is 5.88 Å². The van der Waals surface area contributed by atoms with Crippen LogP contribution in [0.25, 0.3) is 0 Å². The Balaban J connectivity index is 1.58. The number of amides is 1. The Morgan fingerprint density at radius 1 is 1.15 bits per heavy atom. The van der Waals surface area contributed by atoms with Crippen LogP contribution in [-0.2, 0) is 4.79 Å². The van der Waals surface area contributed by atoms with Gasteiger partial charge in [-0.15, -0.1) is 0 Å². The molecule has 2 fully saturated rings. The molecule has 26 heavy (non-hydrogen) atoms. The third-order valence-corrected chi connectivity index (χ3v) is 7.01. The van der Waals surface area contributed by atoms with Crippen molar-refractivity contribution in [2.45, 2.75) is 89.5 Å². The molecule has 0 saturated heterocycles. The molecule has 0 spiro atoms. The topological polar surface area (TPSA) is 74.2 Å². The highest BCUT2D eigenvalue weighted by molar-refractivity contribution is 7.16. The molecule has 1 unspecified atom stereocenters. The van der Waals surface area contributed by atoms with E-state index in [2.05, 4.69) is 15.6 Å². The minimum Gasteiger partial charge on any atom is -0.492 e. The van der Waals surface area contributed by atoms with Crippen LogP contribution in [0.4, 0.5) is 5.13 Å². The van der Waals surface area contributed by atoms with Crippen molar-refractivity contribution in [2.24, 2.45) is 5.92 Å². The van der Waals surface area contributed by atoms with Gasteiger partial charge < -0.3 is 15.7 Å². The number of aromatic hydroxyl groups is 1. The molecule has 5 nitrogen and oxygen atoms in total. The van der Waals surface area contributed by atoms with E-state index in [-0.39, 0.29) is 17.7 Å². The molecule has 1 heterocycles. The SMILES string of the molecule is CCC(C(=O)NC1CCCCC1)c1sc(NCC2CCCCC2)nc1O. The average molecular weight is 380 g/mol. The predicted octanol–water partition coefficient (Wildman–Crippen LogP) is 4.78. The average Bonchev–Trinajstić information content (AvgIpc) is 3.03. The van der Waals surface area contributed by atoms with E-state index in [0.717, 1.165) is 24.5 Å². The van der Waals surface area contributed by atoms with Crippen LogP contribution in [0.2, 0.25) is 0 Å². The second-order valence-corrected chi connectivity index (χ2v) is 8.93. The van der Waals surface area contributed by atoms with Gasteiger partial charge in [0.15, 0.2) is 5.13 Å². The third-order valence-electron chi connectivity index (χ3n) is 5.89. The first-order valence-corrected chi connectivity index (χ1v) is 11.2. The number of carbonyl (C=O) groups is 1. The van der Waals surface area contributed by atoms with Gasteiger partial charge in [0, 0.05) is 12.6 Å². The van der Waals surface area contributed by atoms with Crippen LogP contribution >= 0.6 is 11.3 Å². The number of rotatable bonds is 7. The highest BCUT2D eigenvalue weighted by Crippen LogP contribution is 2.37. The Hall–Kier alpha value is -1.30. The number of thiazole rings is 1. The summed E-state index contributed by atoms with van der Waals surface area (Å²) >= 11 is 1.44. The van der Waals surface area contributed by atoms with Crippen LogP contribution in [0.1, 0.15) is 88.3 Å². The number of nitrogens with zero attached hydrogens (tertiary/aromatic N) is 1. The fourth-order valence-electron chi connectivity index (χ4n) is 4.29. The second-order valence-electron chi connectivity index (χ2n) is 7.90. The summed E-state index contributed by atoms with van der Waals surface area (Å²) in [4.78, 5) is 17.7. The maximum absolute atomic E-state index is 12.7. The molecule has 1 amide bonds. The van der Waals surface area contributed by atoms with Crippen molar-refractivity contribution in [3.63, 3.8) is 0 Å². The minimum absolute atomic E-state index is 0.0202. The standard InChI is InChI=1S/C20H33N3O2S/c1-2-16(18(24)22-15-11-7-4-8-12-15)17-19(25)23-20(26-17)21-13-14-9-5-3-6-10-14/h14-16,25H,2-13H2,1H3,(H,21,23)(H,22,24). The van der Waals surface area contributed by atoms with Gasteiger partial charge in [0.05, 0.1) is 10.8 Å². The summed E-state index contributed by atoms with van der Waals surface area (Å²) in [7, 11) is 0. The van der Waals surface area contributed by atoms with Crippen LogP contribution in [-0.4, -0.2) is 28.6 Å². The van der Waals surface area contributed by atoms with Gasteiger partial charge in [0.1, 0.15) is 0 Å². The van der Waals surface area contributed by atoms with E-state index in [9.17, 15) is 9.90 Å². The van der Waals surface area contributed by atoms with Gasteiger partial charge in [-0.2, -0.15) is 4.98 Å². The summed E-state index contributed by atoms with van der Waals surface area (Å²) in [5.74, 6) is 0.457. The van der Waals surface area contributed by atoms with Gasteiger partial charge in [-0.25, -0.2) is 0 Å². The van der Waals surface area contributed by atoms with E-state index < -0.39 is 0 Å². The summed E-state index contributed by atoms with van der Waals surface area (Å²) in [6.45, 7) is 2.91. The molecule has 146 valence electrons. The smallest absolute Gasteiger partial charge is 0.228 e. The van der Waals surface area contributed by atoms with Gasteiger partial charge in [0.2, 0.25) is 11.8 Å². The van der Waals surface area contributed by atoms with Crippen molar-refractivity contribution in [3.8, 4) is 5.88 Å². The van der Waals surface area contributed by atoms with Crippen molar-refractivity contribution >= 4 is 22.4 Å². The molecule has 6 heteroatoms. The number of anilines is 1. The van der Waals surface area contributed by atoms with Gasteiger partial charge in [0.25, 0.3) is 0 Å². The normalized spacial score (nSPS) is 20.7. The van der Waals surface area contributed by atoms with Gasteiger partial charge in [-0.05, 0) is 38.0 Å². The quantitative estimate of drug-likeness (QED) is 0.637. The number of carbonyl (C=O) groups excluding carboxylic acids is 1. The van der Waals surface area contributed by atoms with Crippen molar-refractivity contribution in [1.82, 2.24) is 10.3 Å². The predicted molar refractivity (Wildman–Crippen MR) is 107 cm³/mol. The fourth-order valence-corrected chi connectivity index (χ4v) is 5.34. The number of hydrogen-bond donors (Lipinski definition) is 3. The molecule has 1 aromatic heterocycles. The van der Waals surface area contributed by atoms with E-state index in [4.69, 9.17) is 0 Å². The van der Waals surface area contributed by atoms with Gasteiger partial charge in [-0.1, -0.05) is 56.8 Å². The van der Waals surface area contributed by atoms with E-state index >= 15 is 0 Å². The molecule has 0 aromatic carbocycles. The zero-order chi connectivity index (χ0) is 18.4. The first-order valence-electron chi connectivity index (χ1n) is 10.4. The van der Waals surface area contributed by atoms with Crippen LogP contribution in [0, 0.1) is 5.92 Å². The van der Waals surface area contributed by atoms with E-state index in [1.807, 2.05) is 6.92 Å². The lowest BCUT2D eigenvalue weighted by Crippen LogP contribution is -2.38. The Morgan fingerprint density at radius 2 is 1.81 bits per heavy atom. The highest BCUT2D eigenvalue weighted by Gasteiger charge is 2.28. The van der Waals surface area contributed by atoms with E-state index in [1.165, 1.54) is 62.7 Å². The van der Waals surface area contributed by atoms with Crippen molar-refractivity contribution in [3.05, 3.63) is 4.88 Å². The zero-order valence-corrected chi connectivity index (χ0v) is 16.7. The summed E-state index contributed by atoms with van der Waals surface area (Å²) in [5, 5.41) is 17.6. The maximum atomic E-state index is 12.7. The Kier molecular flexibility index (Phi) is 7.17. The van der Waals surface area contributed by atoms with Crippen LogP contribution in [0.15, 0.2) is 0 Å². The third kappa shape index (κ3) is 5.12. The summed E-state index contributed by atoms with van der Waals surface area (Å²) < 4.78 is 0. The van der Waals surface area contributed by atoms with Gasteiger partial charge in [-0.3, -0.25) is 4.79 Å². The monoisotopic (exact) mass is 379 g/mol. The maximum Gasteiger partial charge on any atom is 0.228 e. The van der Waals surface area contributed by atoms with Crippen molar-refractivity contribution in [1.29, 1.82) is 0 Å². The lowest BCUT2D eigenvalue weighted by Gasteiger charge is -2.24. The molecular formula is C20H33N3O2S. The van der Waals surface area contributed by atoms with E-state index in [0.29, 0.717) is 23.3 Å². The second kappa shape index (κ2) is 9.58. The van der Waals surface area contributed by atoms with Gasteiger partial charge >= 0.3 is 0 Å². The first-order chi connectivity index (χ1) is 12.7. The number of aromatic nitrogens is 1. The molecule has 3 rings (SSSR count). The number of hydrogen-bond acceptors (Lipinski definition) is 5. The molecule has 2 aliphatic carbocycles. The summed E-state index contributed by atoms with van der Waals surface area (Å²) in [6.07, 6.45) is 13.0. The minimum atomic E-state index is -0.306. The van der Waals surface area contributed by atoms with Crippen molar-refractivity contribution < 1.29 is 9.90 Å². The molecule has 1 aromatic rings. The summed E-state index contributed by atoms with van der Waals surface area (Å²) in [5.41, 5.74) is 0. The zero-order valence-electron chi connectivity index (χ0n) is 15.9. The van der Waals surface area contributed by atoms with Crippen LogP contribution in [0.3, 0.4) is 0 Å². The molecule has 0 aliphatic heterocycles. The van der Waals surface area contributed by atoms with E-state index in [1.54, 1.807) is 0 Å².